The number of halogens is 3. The summed E-state index contributed by atoms with van der Waals surface area (Å²) < 4.78 is 0. The van der Waals surface area contributed by atoms with Crippen molar-refractivity contribution in [2.75, 3.05) is 0 Å². The summed E-state index contributed by atoms with van der Waals surface area (Å²) in [7, 11) is -2.58. The van der Waals surface area contributed by atoms with Gasteiger partial charge in [-0.25, -0.2) is 10.8 Å². The predicted molar refractivity (Wildman–Crippen MR) is 189 cm³/mol. The van der Waals surface area contributed by atoms with Crippen molar-refractivity contribution >= 4 is 23.6 Å². The van der Waals surface area contributed by atoms with Crippen LogP contribution in [0.2, 0.25) is 0 Å². The quantitative estimate of drug-likeness (QED) is 0.0921. The van der Waals surface area contributed by atoms with Crippen LogP contribution in [0, 0.1) is 6.08 Å². The molecule has 0 amide bonds. The smallest absolute Gasteiger partial charge is 1.00 e. The van der Waals surface area contributed by atoms with Crippen LogP contribution in [0.25, 0.3) is 0 Å². The number of hydrogen-bond acceptors (Lipinski definition) is 0. The third kappa shape index (κ3) is 10.6. The molecule has 1 aliphatic carbocycles. The Hall–Kier alpha value is -1.84. The Morgan fingerprint density at radius 2 is 0.894 bits per heavy atom. The Morgan fingerprint density at radius 3 is 1.26 bits per heavy atom. The molecule has 47 heavy (non-hydrogen) atoms. The van der Waals surface area contributed by atoms with Gasteiger partial charge in [-0.15, -0.1) is 0 Å². The summed E-state index contributed by atoms with van der Waals surface area (Å²) in [5, 5.41) is 6.08. The Labute approximate surface area is 320 Å². The molecule has 0 saturated carbocycles. The van der Waals surface area contributed by atoms with Crippen LogP contribution in [0.3, 0.4) is 0 Å². The molecule has 0 atom stereocenters. The fraction of sp³-hybridized carbons (Fsp3) is 0.333. The number of hydrogen-bond donors (Lipinski definition) is 0. The molecule has 0 heterocycles. The average Bonchev–Trinajstić information content (AvgIpc) is 3.52. The Balaban J connectivity index is 0.00000276. The molecule has 0 nitrogen and oxygen atoms in total. The summed E-state index contributed by atoms with van der Waals surface area (Å²) in [6, 6.07) is 40.4. The first-order valence-electron chi connectivity index (χ1n) is 16.8. The first-order chi connectivity index (χ1) is 21.2. The zero-order valence-corrected chi connectivity index (χ0v) is 33.1. The van der Waals surface area contributed by atoms with Crippen molar-refractivity contribution in [1.29, 1.82) is 0 Å². The molecule has 0 fully saturated rings. The third-order valence-electron chi connectivity index (χ3n) is 9.24. The molecule has 0 spiro atoms. The molecule has 0 saturated heterocycles. The van der Waals surface area contributed by atoms with Crippen molar-refractivity contribution in [2.24, 2.45) is 0 Å². The van der Waals surface area contributed by atoms with Gasteiger partial charge in [0.2, 0.25) is 0 Å². The topological polar surface area (TPSA) is 0 Å². The van der Waals surface area contributed by atoms with Crippen molar-refractivity contribution in [2.45, 2.75) is 91.4 Å². The monoisotopic (exact) mass is 734 g/mol. The van der Waals surface area contributed by atoms with Crippen LogP contribution in [-0.4, -0.2) is 8.07 Å². The molecule has 0 bridgehead atoms. The van der Waals surface area contributed by atoms with Gasteiger partial charge >= 0.3 is 21.7 Å². The maximum Gasteiger partial charge on any atom is 4.00 e. The van der Waals surface area contributed by atoms with E-state index in [2.05, 4.69) is 136 Å². The predicted octanol–water partition coefficient (Wildman–Crippen LogP) is 0.0357. The van der Waals surface area contributed by atoms with E-state index >= 15 is 0 Å². The van der Waals surface area contributed by atoms with E-state index in [4.69, 9.17) is 0 Å². The van der Waals surface area contributed by atoms with Crippen molar-refractivity contribution < 1.29 is 58.9 Å². The zero-order valence-electron chi connectivity index (χ0n) is 28.3. The van der Waals surface area contributed by atoms with E-state index in [9.17, 15) is 0 Å². The van der Waals surface area contributed by atoms with Gasteiger partial charge in [-0.2, -0.15) is 6.08 Å². The van der Waals surface area contributed by atoms with Crippen molar-refractivity contribution in [3.63, 3.8) is 0 Å². The van der Waals surface area contributed by atoms with Crippen LogP contribution < -0.4 is 52.8 Å². The normalized spacial score (nSPS) is 12.1. The zero-order chi connectivity index (χ0) is 29.9. The molecule has 5 heteroatoms. The van der Waals surface area contributed by atoms with Gasteiger partial charge in [-0.1, -0.05) is 165 Å². The molecule has 0 radical (unpaired) electrons. The Morgan fingerprint density at radius 1 is 0.511 bits per heavy atom. The van der Waals surface area contributed by atoms with Crippen molar-refractivity contribution in [1.82, 2.24) is 0 Å². The van der Waals surface area contributed by atoms with Crippen LogP contribution in [0.15, 0.2) is 120 Å². The minimum atomic E-state index is -2.58. The fourth-order valence-corrected chi connectivity index (χ4v) is 11.8. The summed E-state index contributed by atoms with van der Waals surface area (Å²) in [4.78, 5) is 0. The standard InChI is InChI=1S/C42H49Si.3ClH.Ti/c1-4-7-14-34-21-27-39(28-22-34)43(40-29-23-35(24-30-40)15-8-5-2,41-31-25-36(26-32-41)16-9-6-3)42-20-13-19-38(42)33-37-17-11-10-12-18-37;;;;/h10-13,17-18,21-32H,4-9,14-16,20,33H2,1-3H3;3*1H;/q-1;;;;+4/p-3. The largest absolute Gasteiger partial charge is 4.00 e. The van der Waals surface area contributed by atoms with E-state index in [1.54, 1.807) is 5.20 Å². The summed E-state index contributed by atoms with van der Waals surface area (Å²) in [5.41, 5.74) is 7.10. The van der Waals surface area contributed by atoms with Crippen LogP contribution in [-0.2, 0) is 47.4 Å². The third-order valence-corrected chi connectivity index (χ3v) is 14.3. The molecule has 0 aromatic heterocycles. The molecule has 0 aliphatic heterocycles. The number of rotatable bonds is 15. The second-order valence-corrected chi connectivity index (χ2v) is 16.2. The molecule has 4 aromatic rings. The van der Waals surface area contributed by atoms with Crippen LogP contribution in [0.4, 0.5) is 0 Å². The summed E-state index contributed by atoms with van der Waals surface area (Å²) in [5.74, 6) is 0. The average molecular weight is 736 g/mol. The van der Waals surface area contributed by atoms with E-state index < -0.39 is 8.07 Å². The molecule has 4 aromatic carbocycles. The van der Waals surface area contributed by atoms with Gasteiger partial charge in [-0.05, 0) is 67.2 Å². The second-order valence-electron chi connectivity index (χ2n) is 12.3. The minimum Gasteiger partial charge on any atom is -1.00 e. The number of aryl methyl sites for hydroxylation is 3. The van der Waals surface area contributed by atoms with Crippen LogP contribution in [0.5, 0.6) is 0 Å². The molecular weight excluding hydrogens is 687 g/mol. The summed E-state index contributed by atoms with van der Waals surface area (Å²) in [6.45, 7) is 6.85. The van der Waals surface area contributed by atoms with Gasteiger partial charge in [0.1, 0.15) is 0 Å². The maximum atomic E-state index is 3.78. The minimum absolute atomic E-state index is 0. The van der Waals surface area contributed by atoms with Gasteiger partial charge in [0.05, 0.1) is 8.07 Å². The van der Waals surface area contributed by atoms with E-state index in [0.29, 0.717) is 0 Å². The first-order valence-corrected chi connectivity index (χ1v) is 18.8. The van der Waals surface area contributed by atoms with Gasteiger partial charge in [0.15, 0.2) is 0 Å². The van der Waals surface area contributed by atoms with Crippen LogP contribution >= 0.6 is 0 Å². The molecular formula is C42H49Cl3SiTi. The fourth-order valence-electron chi connectivity index (χ4n) is 6.75. The van der Waals surface area contributed by atoms with Gasteiger partial charge in [0, 0.05) is 0 Å². The number of benzene rings is 4. The summed E-state index contributed by atoms with van der Waals surface area (Å²) >= 11 is 0. The van der Waals surface area contributed by atoms with Crippen molar-refractivity contribution in [3.8, 4) is 0 Å². The second kappa shape index (κ2) is 22.0. The summed E-state index contributed by atoms with van der Waals surface area (Å²) in [6.07, 6.45) is 18.9. The molecule has 0 N–H and O–H groups in total. The maximum absolute atomic E-state index is 3.78. The van der Waals surface area contributed by atoms with E-state index in [1.165, 1.54) is 81.9 Å². The first kappa shape index (κ1) is 43.2. The SMILES string of the molecule is CCCCc1ccc([Si](C2=C(Cc3ccccc3)[C-]=CC2)(c2ccc(CCCC)cc2)c2ccc(CCCC)cc2)cc1.[Cl-].[Cl-].[Cl-].[Ti+4]. The van der Waals surface area contributed by atoms with Crippen molar-refractivity contribution in [3.05, 3.63) is 148 Å². The number of unbranched alkanes of at least 4 members (excludes halogenated alkanes) is 3. The van der Waals surface area contributed by atoms with Gasteiger partial charge < -0.3 is 37.2 Å². The molecule has 246 valence electrons. The van der Waals surface area contributed by atoms with Gasteiger partial charge in [-0.3, -0.25) is 6.08 Å². The Kier molecular flexibility index (Phi) is 20.2. The van der Waals surface area contributed by atoms with Gasteiger partial charge in [0.25, 0.3) is 0 Å². The van der Waals surface area contributed by atoms with E-state index in [0.717, 1.165) is 32.1 Å². The number of allylic oxidation sites excluding steroid dienone is 4. The Bertz CT molecular complexity index is 1370. The van der Waals surface area contributed by atoms with E-state index in [-0.39, 0.29) is 58.9 Å². The molecule has 0 unspecified atom stereocenters. The van der Waals surface area contributed by atoms with Crippen LogP contribution in [0.1, 0.15) is 88.0 Å². The molecule has 1 aliphatic rings. The van der Waals surface area contributed by atoms with E-state index in [1.807, 2.05) is 0 Å². The molecule has 5 rings (SSSR count).